The molecule has 0 unspecified atom stereocenters. The van der Waals surface area contributed by atoms with Gasteiger partial charge in [0.2, 0.25) is 0 Å². The van der Waals surface area contributed by atoms with Crippen LogP contribution in [0, 0.1) is 0 Å². The van der Waals surface area contributed by atoms with Crippen LogP contribution in [0.15, 0.2) is 48.7 Å². The van der Waals surface area contributed by atoms with Crippen molar-refractivity contribution in [3.8, 4) is 5.75 Å². The second kappa shape index (κ2) is 8.96. The average molecular weight is 464 g/mol. The second-order valence-electron chi connectivity index (χ2n) is 7.87. The molecule has 0 spiro atoms. The number of aromatic nitrogens is 1. The van der Waals surface area contributed by atoms with E-state index in [0.717, 1.165) is 12.1 Å². The zero-order valence-corrected chi connectivity index (χ0v) is 17.7. The highest BCUT2D eigenvalue weighted by molar-refractivity contribution is 6.35. The Morgan fingerprint density at radius 1 is 1.19 bits per heavy atom. The van der Waals surface area contributed by atoms with E-state index in [2.05, 4.69) is 15.2 Å². The van der Waals surface area contributed by atoms with Crippen molar-refractivity contribution >= 4 is 28.4 Å². The molecule has 0 bridgehead atoms. The van der Waals surface area contributed by atoms with Crippen LogP contribution in [-0.2, 0) is 12.7 Å². The molecule has 2 N–H and O–H groups in total. The SMILES string of the molecule is O=C(NC1CCN(Cc2cc(Cl)c3cccnc3c2O)CC1)c1cccc(C(F)(F)F)c1. The van der Waals surface area contributed by atoms with Crippen molar-refractivity contribution in [3.05, 3.63) is 70.4 Å². The molecule has 3 aromatic rings. The quantitative estimate of drug-likeness (QED) is 0.571. The van der Waals surface area contributed by atoms with E-state index >= 15 is 0 Å². The number of carbonyl (C=O) groups is 1. The van der Waals surface area contributed by atoms with Gasteiger partial charge in [-0.25, -0.2) is 0 Å². The standard InChI is InChI=1S/C23H21ClF3N3O2/c24-19-12-15(21(31)20-18(19)5-2-8-28-20)13-30-9-6-17(7-10-30)29-22(32)14-3-1-4-16(11-14)23(25,26)27/h1-5,8,11-12,17,31H,6-7,9-10,13H2,(H,29,32). The smallest absolute Gasteiger partial charge is 0.416 e. The summed E-state index contributed by atoms with van der Waals surface area (Å²) in [5, 5.41) is 14.6. The minimum atomic E-state index is -4.49. The lowest BCUT2D eigenvalue weighted by molar-refractivity contribution is -0.137. The minimum absolute atomic E-state index is 0.00881. The summed E-state index contributed by atoms with van der Waals surface area (Å²) in [4.78, 5) is 18.8. The molecule has 32 heavy (non-hydrogen) atoms. The maximum Gasteiger partial charge on any atom is 0.416 e. The number of benzene rings is 2. The van der Waals surface area contributed by atoms with Crippen LogP contribution in [0.2, 0.25) is 5.02 Å². The molecule has 1 aliphatic rings. The van der Waals surface area contributed by atoms with Gasteiger partial charge >= 0.3 is 6.18 Å². The van der Waals surface area contributed by atoms with Crippen molar-refractivity contribution in [2.75, 3.05) is 13.1 Å². The molecule has 1 aromatic heterocycles. The Balaban J connectivity index is 1.36. The maximum atomic E-state index is 12.9. The number of rotatable bonds is 4. The number of fused-ring (bicyclic) bond motifs is 1. The van der Waals surface area contributed by atoms with Gasteiger partial charge in [-0.05, 0) is 49.2 Å². The van der Waals surface area contributed by atoms with Crippen molar-refractivity contribution < 1.29 is 23.1 Å². The van der Waals surface area contributed by atoms with E-state index < -0.39 is 17.6 Å². The summed E-state index contributed by atoms with van der Waals surface area (Å²) in [6.45, 7) is 1.79. The average Bonchev–Trinajstić information content (AvgIpc) is 2.78. The summed E-state index contributed by atoms with van der Waals surface area (Å²) in [5.41, 5.74) is 0.277. The highest BCUT2D eigenvalue weighted by Crippen LogP contribution is 2.34. The zero-order chi connectivity index (χ0) is 22.9. The Labute approximate surface area is 187 Å². The Morgan fingerprint density at radius 2 is 1.94 bits per heavy atom. The Morgan fingerprint density at radius 3 is 2.66 bits per heavy atom. The summed E-state index contributed by atoms with van der Waals surface area (Å²) in [6, 6.07) is 9.57. The molecule has 5 nitrogen and oxygen atoms in total. The number of pyridine rings is 1. The van der Waals surface area contributed by atoms with Crippen LogP contribution in [0.4, 0.5) is 13.2 Å². The number of phenols is 1. The lowest BCUT2D eigenvalue weighted by Crippen LogP contribution is -2.44. The number of aromatic hydroxyl groups is 1. The minimum Gasteiger partial charge on any atom is -0.505 e. The molecule has 1 saturated heterocycles. The number of piperidine rings is 1. The number of likely N-dealkylation sites (tertiary alicyclic amines) is 1. The highest BCUT2D eigenvalue weighted by atomic mass is 35.5. The molecule has 0 aliphatic carbocycles. The van der Waals surface area contributed by atoms with Gasteiger partial charge in [-0.3, -0.25) is 14.7 Å². The van der Waals surface area contributed by atoms with Gasteiger partial charge in [0.25, 0.3) is 5.91 Å². The number of hydrogen-bond acceptors (Lipinski definition) is 4. The van der Waals surface area contributed by atoms with Gasteiger partial charge in [0.15, 0.2) is 0 Å². The van der Waals surface area contributed by atoms with Gasteiger partial charge in [-0.2, -0.15) is 13.2 Å². The van der Waals surface area contributed by atoms with Crippen molar-refractivity contribution in [2.24, 2.45) is 0 Å². The fraction of sp³-hybridized carbons (Fsp3) is 0.304. The highest BCUT2D eigenvalue weighted by Gasteiger charge is 2.31. The summed E-state index contributed by atoms with van der Waals surface area (Å²) >= 11 is 6.34. The number of phenolic OH excluding ortho intramolecular Hbond substituents is 1. The maximum absolute atomic E-state index is 12.9. The van der Waals surface area contributed by atoms with Crippen molar-refractivity contribution in [1.82, 2.24) is 15.2 Å². The molecule has 9 heteroatoms. The molecule has 1 amide bonds. The first-order valence-corrected chi connectivity index (χ1v) is 10.6. The van der Waals surface area contributed by atoms with Gasteiger partial charge < -0.3 is 10.4 Å². The van der Waals surface area contributed by atoms with Crippen molar-refractivity contribution in [3.63, 3.8) is 0 Å². The van der Waals surface area contributed by atoms with E-state index in [0.29, 0.717) is 54.0 Å². The van der Waals surface area contributed by atoms with E-state index in [4.69, 9.17) is 11.6 Å². The molecular weight excluding hydrogens is 443 g/mol. The molecular formula is C23H21ClF3N3O2. The monoisotopic (exact) mass is 463 g/mol. The molecule has 2 heterocycles. The molecule has 0 atom stereocenters. The topological polar surface area (TPSA) is 65.5 Å². The summed E-state index contributed by atoms with van der Waals surface area (Å²) in [5.74, 6) is -0.412. The molecule has 1 fully saturated rings. The summed E-state index contributed by atoms with van der Waals surface area (Å²) in [6.07, 6.45) is -1.61. The normalized spacial score (nSPS) is 15.8. The third-order valence-electron chi connectivity index (χ3n) is 5.66. The zero-order valence-electron chi connectivity index (χ0n) is 17.0. The lowest BCUT2D eigenvalue weighted by atomic mass is 10.0. The predicted octanol–water partition coefficient (Wildman–Crippen LogP) is 5.01. The predicted molar refractivity (Wildman–Crippen MR) is 116 cm³/mol. The summed E-state index contributed by atoms with van der Waals surface area (Å²) in [7, 11) is 0. The number of alkyl halides is 3. The van der Waals surface area contributed by atoms with Crippen LogP contribution in [0.1, 0.15) is 34.3 Å². The van der Waals surface area contributed by atoms with Gasteiger partial charge in [-0.15, -0.1) is 0 Å². The van der Waals surface area contributed by atoms with Crippen LogP contribution < -0.4 is 5.32 Å². The number of hydrogen-bond donors (Lipinski definition) is 2. The lowest BCUT2D eigenvalue weighted by Gasteiger charge is -2.32. The fourth-order valence-corrected chi connectivity index (χ4v) is 4.22. The number of amides is 1. The summed E-state index contributed by atoms with van der Waals surface area (Å²) < 4.78 is 38.7. The first kappa shape index (κ1) is 22.4. The second-order valence-corrected chi connectivity index (χ2v) is 8.28. The van der Waals surface area contributed by atoms with Crippen molar-refractivity contribution in [2.45, 2.75) is 31.6 Å². The third-order valence-corrected chi connectivity index (χ3v) is 5.98. The van der Waals surface area contributed by atoms with E-state index in [1.807, 2.05) is 0 Å². The molecule has 0 radical (unpaired) electrons. The van der Waals surface area contributed by atoms with E-state index in [9.17, 15) is 23.1 Å². The Hall–Kier alpha value is -2.84. The third kappa shape index (κ3) is 4.81. The number of nitrogens with one attached hydrogen (secondary N) is 1. The Bertz CT molecular complexity index is 1150. The van der Waals surface area contributed by atoms with Crippen LogP contribution in [0.5, 0.6) is 5.75 Å². The van der Waals surface area contributed by atoms with Gasteiger partial charge in [0, 0.05) is 48.4 Å². The van der Waals surface area contributed by atoms with E-state index in [1.165, 1.54) is 12.1 Å². The molecule has 168 valence electrons. The van der Waals surface area contributed by atoms with Gasteiger partial charge in [0.1, 0.15) is 11.3 Å². The number of carbonyl (C=O) groups excluding carboxylic acids is 1. The first-order chi connectivity index (χ1) is 15.2. The molecule has 0 saturated carbocycles. The van der Waals surface area contributed by atoms with Crippen molar-refractivity contribution in [1.29, 1.82) is 0 Å². The molecule has 4 rings (SSSR count). The number of halogens is 4. The van der Waals surface area contributed by atoms with E-state index in [-0.39, 0.29) is 17.4 Å². The number of nitrogens with zero attached hydrogens (tertiary/aromatic N) is 2. The van der Waals surface area contributed by atoms with Gasteiger partial charge in [-0.1, -0.05) is 17.7 Å². The van der Waals surface area contributed by atoms with E-state index in [1.54, 1.807) is 24.4 Å². The molecule has 1 aliphatic heterocycles. The molecule has 2 aromatic carbocycles. The van der Waals surface area contributed by atoms with Crippen LogP contribution in [-0.4, -0.2) is 40.0 Å². The largest absolute Gasteiger partial charge is 0.505 e. The van der Waals surface area contributed by atoms with Crippen LogP contribution >= 0.6 is 11.6 Å². The first-order valence-electron chi connectivity index (χ1n) is 10.2. The van der Waals surface area contributed by atoms with Crippen LogP contribution in [0.25, 0.3) is 10.9 Å². The Kier molecular flexibility index (Phi) is 6.26. The fourth-order valence-electron chi connectivity index (χ4n) is 3.94. The van der Waals surface area contributed by atoms with Gasteiger partial charge in [0.05, 0.1) is 10.6 Å². The van der Waals surface area contributed by atoms with Crippen LogP contribution in [0.3, 0.4) is 0 Å².